The van der Waals surface area contributed by atoms with Crippen LogP contribution in [0.1, 0.15) is 25.3 Å². The molecule has 0 unspecified atom stereocenters. The van der Waals surface area contributed by atoms with Gasteiger partial charge in [-0.3, -0.25) is 4.79 Å². The first-order valence-electron chi connectivity index (χ1n) is 13.6. The summed E-state index contributed by atoms with van der Waals surface area (Å²) in [6.07, 6.45) is 1.32. The third kappa shape index (κ3) is 6.89. The van der Waals surface area contributed by atoms with Gasteiger partial charge in [0.2, 0.25) is 5.95 Å². The highest BCUT2D eigenvalue weighted by atomic mass is 16.5. The minimum Gasteiger partial charge on any atom is -0.489 e. The molecule has 1 aromatic heterocycles. The molecule has 5 rings (SSSR count). The number of rotatable bonds is 8. The van der Waals surface area contributed by atoms with Crippen LogP contribution in [0.3, 0.4) is 0 Å². The molecule has 2 saturated heterocycles. The highest BCUT2D eigenvalue weighted by Gasteiger charge is 2.26. The van der Waals surface area contributed by atoms with Crippen LogP contribution in [0.25, 0.3) is 11.4 Å². The maximum Gasteiger partial charge on any atom is 0.251 e. The van der Waals surface area contributed by atoms with Crippen molar-refractivity contribution in [3.63, 3.8) is 0 Å². The molecule has 1 amide bonds. The molecule has 0 saturated carbocycles. The molecule has 214 valence electrons. The van der Waals surface area contributed by atoms with Gasteiger partial charge in [-0.2, -0.15) is 10.2 Å². The van der Waals surface area contributed by atoms with Crippen LogP contribution in [0, 0.1) is 11.3 Å². The van der Waals surface area contributed by atoms with Crippen molar-refractivity contribution in [2.75, 3.05) is 49.6 Å². The molecule has 3 N–H and O–H groups in total. The zero-order valence-corrected chi connectivity index (χ0v) is 22.8. The molecule has 2 fully saturated rings. The number of carbonyl (C=O) groups excluding carboxylic acids is 1. The zero-order chi connectivity index (χ0) is 28.8. The van der Waals surface area contributed by atoms with Crippen LogP contribution >= 0.6 is 0 Å². The SMILES string of the molecule is C[C@H](O)C(=O)N1CCC(Oc2ccc(-c3ncnc(Nc4ccc(N5CCO[C@@H](CO)C5)cc4)n3)cc2C#N)CC1. The van der Waals surface area contributed by atoms with E-state index in [0.29, 0.717) is 67.7 Å². The van der Waals surface area contributed by atoms with E-state index in [2.05, 4.69) is 31.2 Å². The number of aliphatic hydroxyl groups excluding tert-OH is 2. The lowest BCUT2D eigenvalue weighted by Crippen LogP contribution is -2.45. The molecule has 0 aliphatic carbocycles. The molecule has 2 atom stereocenters. The van der Waals surface area contributed by atoms with Gasteiger partial charge in [-0.05, 0) is 49.4 Å². The fourth-order valence-corrected chi connectivity index (χ4v) is 4.94. The Labute approximate surface area is 238 Å². The van der Waals surface area contributed by atoms with E-state index in [1.807, 2.05) is 24.3 Å². The number of benzene rings is 2. The van der Waals surface area contributed by atoms with Crippen molar-refractivity contribution in [3.8, 4) is 23.2 Å². The third-order valence-corrected chi connectivity index (χ3v) is 7.17. The number of hydrogen-bond acceptors (Lipinski definition) is 11. The molecule has 12 nitrogen and oxygen atoms in total. The van der Waals surface area contributed by atoms with Gasteiger partial charge in [-0.15, -0.1) is 0 Å². The Hall–Kier alpha value is -4.31. The number of ether oxygens (including phenoxy) is 2. The number of nitrogens with one attached hydrogen (secondary N) is 1. The van der Waals surface area contributed by atoms with Gasteiger partial charge in [-0.25, -0.2) is 9.97 Å². The molecular formula is C29H33N7O5. The average molecular weight is 560 g/mol. The molecule has 3 heterocycles. The molecule has 3 aromatic rings. The molecule has 2 aromatic carbocycles. The van der Waals surface area contributed by atoms with Gasteiger partial charge in [-0.1, -0.05) is 0 Å². The van der Waals surface area contributed by atoms with E-state index < -0.39 is 6.10 Å². The van der Waals surface area contributed by atoms with Crippen LogP contribution in [0.15, 0.2) is 48.8 Å². The van der Waals surface area contributed by atoms with Crippen molar-refractivity contribution < 1.29 is 24.5 Å². The topological polar surface area (TPSA) is 157 Å². The Balaban J connectivity index is 1.22. The normalized spacial score (nSPS) is 18.4. The maximum atomic E-state index is 12.0. The van der Waals surface area contributed by atoms with Crippen molar-refractivity contribution in [1.29, 1.82) is 5.26 Å². The van der Waals surface area contributed by atoms with Crippen molar-refractivity contribution >= 4 is 23.2 Å². The Bertz CT molecular complexity index is 1390. The number of aromatic nitrogens is 3. The van der Waals surface area contributed by atoms with E-state index in [9.17, 15) is 20.3 Å². The number of piperidine rings is 1. The number of likely N-dealkylation sites (tertiary alicyclic amines) is 1. The zero-order valence-electron chi connectivity index (χ0n) is 22.8. The number of aliphatic hydroxyl groups is 2. The quantitative estimate of drug-likeness (QED) is 0.371. The van der Waals surface area contributed by atoms with Crippen molar-refractivity contribution in [1.82, 2.24) is 19.9 Å². The molecule has 2 aliphatic heterocycles. The summed E-state index contributed by atoms with van der Waals surface area (Å²) in [6.45, 7) is 4.43. The first kappa shape index (κ1) is 28.2. The van der Waals surface area contributed by atoms with Gasteiger partial charge in [0.15, 0.2) is 5.82 Å². The van der Waals surface area contributed by atoms with E-state index in [-0.39, 0.29) is 24.7 Å². The standard InChI is InChI=1S/C29H33N7O5/c1-19(38)28(39)35-10-8-24(9-11-35)41-26-7-2-20(14-21(26)15-30)27-31-18-32-29(34-27)33-22-3-5-23(6-4-22)36-12-13-40-25(16-36)17-37/h2-7,14,18-19,24-25,37-38H,8-13,16-17H2,1H3,(H,31,32,33,34)/t19-,25+/m0/s1. The van der Waals surface area contributed by atoms with Gasteiger partial charge in [0, 0.05) is 56.0 Å². The van der Waals surface area contributed by atoms with Gasteiger partial charge in [0.25, 0.3) is 5.91 Å². The number of amides is 1. The first-order chi connectivity index (χ1) is 19.9. The Morgan fingerprint density at radius 1 is 1.20 bits per heavy atom. The molecule has 12 heteroatoms. The van der Waals surface area contributed by atoms with Gasteiger partial charge in [0.05, 0.1) is 24.9 Å². The minimum absolute atomic E-state index is 0.00240. The number of nitrogens with zero attached hydrogens (tertiary/aromatic N) is 6. The summed E-state index contributed by atoms with van der Waals surface area (Å²) in [5.74, 6) is 0.968. The fourth-order valence-electron chi connectivity index (χ4n) is 4.94. The molecular weight excluding hydrogens is 526 g/mol. The molecule has 0 spiro atoms. The van der Waals surface area contributed by atoms with Crippen LogP contribution < -0.4 is 15.0 Å². The lowest BCUT2D eigenvalue weighted by Gasteiger charge is -2.33. The second-order valence-corrected chi connectivity index (χ2v) is 10.1. The van der Waals surface area contributed by atoms with Crippen molar-refractivity contribution in [2.45, 2.75) is 38.1 Å². The fraction of sp³-hybridized carbons (Fsp3) is 0.414. The van der Waals surface area contributed by atoms with Crippen LogP contribution in [0.4, 0.5) is 17.3 Å². The minimum atomic E-state index is -1.02. The molecule has 0 bridgehead atoms. The second-order valence-electron chi connectivity index (χ2n) is 10.1. The summed E-state index contributed by atoms with van der Waals surface area (Å²) in [5.41, 5.74) is 2.86. The summed E-state index contributed by atoms with van der Waals surface area (Å²) >= 11 is 0. The Kier molecular flexibility index (Phi) is 8.88. The van der Waals surface area contributed by atoms with E-state index in [0.717, 1.165) is 17.9 Å². The number of anilines is 3. The third-order valence-electron chi connectivity index (χ3n) is 7.17. The van der Waals surface area contributed by atoms with Crippen molar-refractivity contribution in [2.24, 2.45) is 0 Å². The molecule has 41 heavy (non-hydrogen) atoms. The first-order valence-corrected chi connectivity index (χ1v) is 13.6. The largest absolute Gasteiger partial charge is 0.489 e. The Morgan fingerprint density at radius 3 is 2.68 bits per heavy atom. The predicted molar refractivity (Wildman–Crippen MR) is 151 cm³/mol. The van der Waals surface area contributed by atoms with Crippen LogP contribution in [-0.4, -0.2) is 93.7 Å². The number of morpholine rings is 1. The lowest BCUT2D eigenvalue weighted by atomic mass is 10.1. The highest BCUT2D eigenvalue weighted by Crippen LogP contribution is 2.28. The van der Waals surface area contributed by atoms with E-state index in [1.54, 1.807) is 23.1 Å². The van der Waals surface area contributed by atoms with Crippen molar-refractivity contribution in [3.05, 3.63) is 54.4 Å². The second kappa shape index (κ2) is 12.9. The van der Waals surface area contributed by atoms with Gasteiger partial charge >= 0.3 is 0 Å². The Morgan fingerprint density at radius 2 is 1.98 bits per heavy atom. The molecule has 0 radical (unpaired) electrons. The number of hydrogen-bond donors (Lipinski definition) is 3. The molecule has 2 aliphatic rings. The summed E-state index contributed by atoms with van der Waals surface area (Å²) in [5, 5.41) is 31.9. The summed E-state index contributed by atoms with van der Waals surface area (Å²) in [7, 11) is 0. The van der Waals surface area contributed by atoms with E-state index in [1.165, 1.54) is 13.3 Å². The highest BCUT2D eigenvalue weighted by molar-refractivity contribution is 5.80. The van der Waals surface area contributed by atoms with Gasteiger partial charge < -0.3 is 34.8 Å². The van der Waals surface area contributed by atoms with Gasteiger partial charge in [0.1, 0.15) is 30.4 Å². The van der Waals surface area contributed by atoms with E-state index >= 15 is 0 Å². The lowest BCUT2D eigenvalue weighted by molar-refractivity contribution is -0.141. The smallest absolute Gasteiger partial charge is 0.251 e. The van der Waals surface area contributed by atoms with Crippen LogP contribution in [0.5, 0.6) is 5.75 Å². The average Bonchev–Trinajstić information content (AvgIpc) is 3.01. The predicted octanol–water partition coefficient (Wildman–Crippen LogP) is 2.10. The summed E-state index contributed by atoms with van der Waals surface area (Å²) < 4.78 is 11.6. The van der Waals surface area contributed by atoms with Crippen LogP contribution in [-0.2, 0) is 9.53 Å². The maximum absolute atomic E-state index is 12.0. The van der Waals surface area contributed by atoms with E-state index in [4.69, 9.17) is 9.47 Å². The summed E-state index contributed by atoms with van der Waals surface area (Å²) in [6, 6.07) is 15.3. The number of carbonyl (C=O) groups is 1. The summed E-state index contributed by atoms with van der Waals surface area (Å²) in [4.78, 5) is 28.9. The monoisotopic (exact) mass is 559 g/mol. The number of nitriles is 1. The van der Waals surface area contributed by atoms with Crippen LogP contribution in [0.2, 0.25) is 0 Å².